The molecule has 9 nitrogen and oxygen atoms in total. The average Bonchev–Trinajstić information content (AvgIpc) is 3.11. The van der Waals surface area contributed by atoms with E-state index in [2.05, 4.69) is 49.7 Å². The zero-order valence-corrected chi connectivity index (χ0v) is 25.9. The highest BCUT2D eigenvalue weighted by molar-refractivity contribution is 5.94. The number of carbonyl (C=O) groups is 1. The topological polar surface area (TPSA) is 87.6 Å². The van der Waals surface area contributed by atoms with E-state index in [0.717, 1.165) is 78.0 Å². The number of pyridine rings is 2. The number of amides is 1. The van der Waals surface area contributed by atoms with Crippen molar-refractivity contribution in [2.75, 3.05) is 46.3 Å². The lowest BCUT2D eigenvalue weighted by atomic mass is 10.0. The van der Waals surface area contributed by atoms with Gasteiger partial charge in [0.05, 0.1) is 24.3 Å². The van der Waals surface area contributed by atoms with Crippen LogP contribution in [-0.2, 0) is 19.6 Å². The first-order valence-corrected chi connectivity index (χ1v) is 15.6. The molecule has 46 heavy (non-hydrogen) atoms. The maximum absolute atomic E-state index is 13.4. The van der Waals surface area contributed by atoms with Crippen LogP contribution < -0.4 is 4.74 Å². The molecule has 5 aromatic rings. The number of para-hydroxylation sites is 1. The van der Waals surface area contributed by atoms with Crippen LogP contribution in [-0.4, -0.2) is 86.9 Å². The van der Waals surface area contributed by atoms with Crippen LogP contribution in [0.15, 0.2) is 85.3 Å². The minimum atomic E-state index is -0.0170. The molecule has 0 spiro atoms. The van der Waals surface area contributed by atoms with Crippen LogP contribution in [0.25, 0.3) is 22.3 Å². The van der Waals surface area contributed by atoms with Crippen molar-refractivity contribution in [3.8, 4) is 29.1 Å². The number of hydrogen-bond donors (Lipinski definition) is 0. The Balaban J connectivity index is 0.931. The number of ether oxygens (including phenoxy) is 1. The standard InChI is InChI=1S/C37H35N7O2/c1-42-17-19-43(20-18-42)15-4-5-27-10-13-35(39-22-27)46-26-28-8-11-29(12-9-28)37(45)44-16-14-31-23-40-36(41-34(31)25-44)32-21-30-6-2-3-7-33(30)38-24-32/h2-3,6-13,21-24H,14-20,25-26H2,1H3. The molecule has 5 heterocycles. The molecule has 0 saturated carbocycles. The molecule has 0 radical (unpaired) electrons. The van der Waals surface area contributed by atoms with Gasteiger partial charge in [0.25, 0.3) is 5.91 Å². The number of hydrogen-bond acceptors (Lipinski definition) is 8. The van der Waals surface area contributed by atoms with Gasteiger partial charge in [-0.1, -0.05) is 42.2 Å². The molecule has 1 amide bonds. The number of aromatic nitrogens is 4. The van der Waals surface area contributed by atoms with E-state index in [-0.39, 0.29) is 5.91 Å². The Hall–Kier alpha value is -5.17. The van der Waals surface area contributed by atoms with Crippen LogP contribution in [0.5, 0.6) is 5.88 Å². The van der Waals surface area contributed by atoms with Crippen LogP contribution in [0.2, 0.25) is 0 Å². The van der Waals surface area contributed by atoms with Gasteiger partial charge in [0.15, 0.2) is 5.82 Å². The highest BCUT2D eigenvalue weighted by Crippen LogP contribution is 2.24. The molecule has 0 unspecified atom stereocenters. The third-order valence-corrected chi connectivity index (χ3v) is 8.54. The molecule has 230 valence electrons. The Kier molecular flexibility index (Phi) is 8.63. The number of piperazine rings is 1. The zero-order chi connectivity index (χ0) is 31.3. The van der Waals surface area contributed by atoms with E-state index in [1.54, 1.807) is 12.4 Å². The van der Waals surface area contributed by atoms with E-state index in [1.807, 2.05) is 71.8 Å². The second-order valence-electron chi connectivity index (χ2n) is 11.8. The van der Waals surface area contributed by atoms with Crippen LogP contribution in [0, 0.1) is 11.8 Å². The van der Waals surface area contributed by atoms with Crippen LogP contribution in [0.3, 0.4) is 0 Å². The van der Waals surface area contributed by atoms with Crippen molar-refractivity contribution in [2.24, 2.45) is 0 Å². The number of carbonyl (C=O) groups excluding carboxylic acids is 1. The Morgan fingerprint density at radius 2 is 1.74 bits per heavy atom. The van der Waals surface area contributed by atoms with E-state index in [9.17, 15) is 4.79 Å². The summed E-state index contributed by atoms with van der Waals surface area (Å²) < 4.78 is 5.90. The smallest absolute Gasteiger partial charge is 0.254 e. The third-order valence-electron chi connectivity index (χ3n) is 8.54. The first-order valence-electron chi connectivity index (χ1n) is 15.6. The molecule has 2 aliphatic heterocycles. The van der Waals surface area contributed by atoms with E-state index in [0.29, 0.717) is 37.0 Å². The predicted octanol–water partition coefficient (Wildman–Crippen LogP) is 4.46. The van der Waals surface area contributed by atoms with Gasteiger partial charge in [0, 0.05) is 79.5 Å². The molecule has 0 N–H and O–H groups in total. The van der Waals surface area contributed by atoms with Crippen molar-refractivity contribution < 1.29 is 9.53 Å². The molecular formula is C37H35N7O2. The van der Waals surface area contributed by atoms with Gasteiger partial charge in [0.1, 0.15) is 6.61 Å². The normalized spacial score (nSPS) is 15.2. The van der Waals surface area contributed by atoms with E-state index >= 15 is 0 Å². The largest absolute Gasteiger partial charge is 0.473 e. The minimum absolute atomic E-state index is 0.0170. The summed E-state index contributed by atoms with van der Waals surface area (Å²) in [6, 6.07) is 21.4. The number of rotatable bonds is 6. The highest BCUT2D eigenvalue weighted by atomic mass is 16.5. The molecule has 0 bridgehead atoms. The lowest BCUT2D eigenvalue weighted by Crippen LogP contribution is -2.44. The van der Waals surface area contributed by atoms with Gasteiger partial charge < -0.3 is 14.5 Å². The summed E-state index contributed by atoms with van der Waals surface area (Å²) in [5.41, 5.74) is 6.22. The third kappa shape index (κ3) is 6.89. The summed E-state index contributed by atoms with van der Waals surface area (Å²) in [4.78, 5) is 38.4. The predicted molar refractivity (Wildman–Crippen MR) is 177 cm³/mol. The summed E-state index contributed by atoms with van der Waals surface area (Å²) in [5.74, 6) is 7.60. The van der Waals surface area contributed by atoms with Crippen molar-refractivity contribution in [3.05, 3.63) is 113 Å². The molecule has 2 aromatic carbocycles. The summed E-state index contributed by atoms with van der Waals surface area (Å²) in [5, 5.41) is 1.04. The fourth-order valence-corrected chi connectivity index (χ4v) is 5.69. The summed E-state index contributed by atoms with van der Waals surface area (Å²) in [6.45, 7) is 6.48. The fraction of sp³-hybridized carbons (Fsp3) is 0.270. The van der Waals surface area contributed by atoms with Gasteiger partial charge in [0.2, 0.25) is 5.88 Å². The van der Waals surface area contributed by atoms with Crippen LogP contribution >= 0.6 is 0 Å². The summed E-state index contributed by atoms with van der Waals surface area (Å²) in [7, 11) is 2.15. The zero-order valence-electron chi connectivity index (χ0n) is 25.9. The quantitative estimate of drug-likeness (QED) is 0.261. The lowest BCUT2D eigenvalue weighted by molar-refractivity contribution is 0.0731. The molecule has 2 aliphatic rings. The van der Waals surface area contributed by atoms with E-state index < -0.39 is 0 Å². The van der Waals surface area contributed by atoms with Gasteiger partial charge in [-0.3, -0.25) is 14.7 Å². The molecule has 3 aromatic heterocycles. The van der Waals surface area contributed by atoms with Crippen molar-refractivity contribution in [3.63, 3.8) is 0 Å². The van der Waals surface area contributed by atoms with E-state index in [4.69, 9.17) is 9.72 Å². The van der Waals surface area contributed by atoms with Crippen molar-refractivity contribution in [2.45, 2.75) is 19.6 Å². The average molecular weight is 610 g/mol. The van der Waals surface area contributed by atoms with E-state index in [1.165, 1.54) is 0 Å². The maximum atomic E-state index is 13.4. The van der Waals surface area contributed by atoms with Gasteiger partial charge in [-0.2, -0.15) is 0 Å². The SMILES string of the molecule is CN1CCN(CC#Cc2ccc(OCc3ccc(C(=O)N4CCc5cnc(-c6cnc7ccccc7c6)nc5C4)cc3)nc2)CC1. The number of fused-ring (bicyclic) bond motifs is 2. The molecular weight excluding hydrogens is 574 g/mol. The second-order valence-corrected chi connectivity index (χ2v) is 11.8. The fourth-order valence-electron chi connectivity index (χ4n) is 5.69. The number of nitrogens with zero attached hydrogens (tertiary/aromatic N) is 7. The van der Waals surface area contributed by atoms with Crippen molar-refractivity contribution >= 4 is 16.8 Å². The molecule has 7 rings (SSSR count). The number of likely N-dealkylation sites (N-methyl/N-ethyl adjacent to an activating group) is 1. The summed E-state index contributed by atoms with van der Waals surface area (Å²) in [6.07, 6.45) is 6.15. The second kappa shape index (κ2) is 13.4. The van der Waals surface area contributed by atoms with Crippen molar-refractivity contribution in [1.29, 1.82) is 0 Å². The first kappa shape index (κ1) is 29.5. The maximum Gasteiger partial charge on any atom is 0.254 e. The Labute approximate surface area is 268 Å². The Morgan fingerprint density at radius 3 is 2.57 bits per heavy atom. The lowest BCUT2D eigenvalue weighted by Gasteiger charge is -2.30. The monoisotopic (exact) mass is 609 g/mol. The van der Waals surface area contributed by atoms with Gasteiger partial charge in [-0.05, 0) is 54.9 Å². The van der Waals surface area contributed by atoms with Gasteiger partial charge in [-0.25, -0.2) is 15.0 Å². The Morgan fingerprint density at radius 1 is 0.891 bits per heavy atom. The number of benzene rings is 2. The molecule has 1 fully saturated rings. The molecule has 0 aliphatic carbocycles. The molecule has 1 saturated heterocycles. The highest BCUT2D eigenvalue weighted by Gasteiger charge is 2.24. The minimum Gasteiger partial charge on any atom is -0.473 e. The molecule has 0 atom stereocenters. The van der Waals surface area contributed by atoms with Crippen LogP contribution in [0.4, 0.5) is 0 Å². The molecule has 9 heteroatoms. The van der Waals surface area contributed by atoms with Gasteiger partial charge >= 0.3 is 0 Å². The van der Waals surface area contributed by atoms with Crippen molar-refractivity contribution in [1.82, 2.24) is 34.6 Å². The van der Waals surface area contributed by atoms with Gasteiger partial charge in [-0.15, -0.1) is 0 Å². The summed E-state index contributed by atoms with van der Waals surface area (Å²) >= 11 is 0. The van der Waals surface area contributed by atoms with Crippen LogP contribution in [0.1, 0.15) is 32.7 Å². The Bertz CT molecular complexity index is 1910. The first-order chi connectivity index (χ1) is 22.6.